The number of carbonyl (C=O) groups is 7. The van der Waals surface area contributed by atoms with Crippen molar-refractivity contribution in [2.45, 2.75) is 189 Å². The number of rotatable bonds is 26. The van der Waals surface area contributed by atoms with Crippen LogP contribution in [0.25, 0.3) is 11.0 Å². The van der Waals surface area contributed by atoms with Gasteiger partial charge in [0.05, 0.1) is 48.2 Å². The van der Waals surface area contributed by atoms with Gasteiger partial charge in [0, 0.05) is 142 Å². The SMILES string of the molecule is C/C1=C2N=C(/C=C3\NC(/C(C)=C4\NC(C5N=C1C(C)(CCC(=O)NCC(C)OP(=O)(O)O[C@H]1[C@@H](O)[C@@H](n6cnc7cc(C)c(C)cc76)O[C@@H]1CO)C5CC(N)=O)C(C)(CC(N)=O)C4CCC(N)=O)C(C)(CC(N)=O)C3CCC(N)=O)C(C)(C)C/2CCC(N)=O.[Co].[O-2]. The number of hydrogen-bond acceptors (Lipinski definition) is 18. The Hall–Kier alpha value is -6.40. The van der Waals surface area contributed by atoms with Crippen LogP contribution >= 0.6 is 7.82 Å². The largest absolute Gasteiger partial charge is 2.00 e. The fourth-order valence-electron chi connectivity index (χ4n) is 15.5. The van der Waals surface area contributed by atoms with Gasteiger partial charge in [-0.25, -0.2) is 9.55 Å². The summed E-state index contributed by atoms with van der Waals surface area (Å²) in [7, 11) is -5.06. The second-order valence-electron chi connectivity index (χ2n) is 26.8. The number of nitrogens with two attached hydrogens (primary N) is 6. The van der Waals surface area contributed by atoms with E-state index in [9.17, 15) is 53.2 Å². The van der Waals surface area contributed by atoms with Crippen LogP contribution in [0.15, 0.2) is 62.8 Å². The second kappa shape index (κ2) is 28.0. The molecule has 6 aliphatic rings. The van der Waals surface area contributed by atoms with Gasteiger partial charge in [0.1, 0.15) is 18.3 Å². The van der Waals surface area contributed by atoms with E-state index in [0.29, 0.717) is 50.7 Å². The molecule has 8 bridgehead atoms. The van der Waals surface area contributed by atoms with Crippen molar-refractivity contribution in [3.63, 3.8) is 0 Å². The maximum absolute atomic E-state index is 14.3. The zero-order chi connectivity index (χ0) is 65.8. The summed E-state index contributed by atoms with van der Waals surface area (Å²) in [5, 5.41) is 32.1. The molecule has 1 aromatic carbocycles. The van der Waals surface area contributed by atoms with Gasteiger partial charge in [-0.05, 0) is 101 Å². The number of imidazole rings is 1. The zero-order valence-electron chi connectivity index (χ0n) is 53.2. The fourth-order valence-corrected chi connectivity index (χ4v) is 16.6. The van der Waals surface area contributed by atoms with Crippen LogP contribution in [0, 0.1) is 59.2 Å². The normalized spacial score (nSPS) is 33.7. The summed E-state index contributed by atoms with van der Waals surface area (Å²) in [6, 6.07) is 1.27. The zero-order valence-corrected chi connectivity index (χ0v) is 55.1. The molecule has 6 aliphatic heterocycles. The number of aliphatic imine (C=N–C) groups is 2. The Kier molecular flexibility index (Phi) is 22.7. The number of amides is 7. The summed E-state index contributed by atoms with van der Waals surface area (Å²) < 4.78 is 32.2. The number of allylic oxidation sites excluding steroid dienone is 5. The molecule has 3 saturated heterocycles. The summed E-state index contributed by atoms with van der Waals surface area (Å²) >= 11 is 0. The van der Waals surface area contributed by atoms with Gasteiger partial charge in [-0.2, -0.15) is 0 Å². The first-order chi connectivity index (χ1) is 41.5. The van der Waals surface area contributed by atoms with Crippen LogP contribution in [0.4, 0.5) is 0 Å². The molecule has 3 fully saturated rings. The molecule has 30 heteroatoms. The van der Waals surface area contributed by atoms with Crippen molar-refractivity contribution < 1.29 is 89.3 Å². The van der Waals surface area contributed by atoms with E-state index >= 15 is 0 Å². The van der Waals surface area contributed by atoms with E-state index in [1.807, 2.05) is 80.5 Å². The average Bonchev–Trinajstić information content (AvgIpc) is 1.56. The van der Waals surface area contributed by atoms with Crippen molar-refractivity contribution in [1.29, 1.82) is 0 Å². The smallest absolute Gasteiger partial charge is 0.472 e. The Labute approximate surface area is 539 Å². The predicted molar refractivity (Wildman–Crippen MR) is 329 cm³/mol. The average molecular weight is 1340 g/mol. The fraction of sp³-hybridized carbons (Fsp3) is 0.639. The molecule has 505 valence electrons. The monoisotopic (exact) mass is 1330 g/mol. The summed E-state index contributed by atoms with van der Waals surface area (Å²) in [6.07, 6.45) is -3.80. The van der Waals surface area contributed by atoms with Crippen LogP contribution in [0.2, 0.25) is 0 Å². The number of phosphoric acid groups is 1. The first-order valence-electron chi connectivity index (χ1n) is 30.4. The third kappa shape index (κ3) is 14.7. The number of nitrogens with zero attached hydrogens (tertiary/aromatic N) is 4. The number of aliphatic hydroxyl groups is 2. The minimum Gasteiger partial charge on any atom is -2.00 e. The Bertz CT molecular complexity index is 3420. The molecule has 2 aromatic rings. The number of aryl methyl sites for hydroxylation is 2. The minimum atomic E-state index is -5.06. The molecular weight excluding hydrogens is 1240 g/mol. The van der Waals surface area contributed by atoms with Gasteiger partial charge in [-0.15, -0.1) is 0 Å². The van der Waals surface area contributed by atoms with Crippen molar-refractivity contribution in [2.24, 2.45) is 89.7 Å². The maximum atomic E-state index is 14.3. The Balaban J connectivity index is 0.00000658. The molecule has 7 heterocycles. The van der Waals surface area contributed by atoms with Crippen molar-refractivity contribution in [3.8, 4) is 0 Å². The van der Waals surface area contributed by atoms with E-state index in [4.69, 9.17) is 58.2 Å². The third-order valence-electron chi connectivity index (χ3n) is 20.2. The van der Waals surface area contributed by atoms with Gasteiger partial charge in [-0.1, -0.05) is 34.6 Å². The topological polar surface area (TPSA) is 488 Å². The van der Waals surface area contributed by atoms with E-state index in [-0.39, 0.29) is 99.4 Å². The number of fused-ring (bicyclic) bond motifs is 8. The van der Waals surface area contributed by atoms with Crippen molar-refractivity contribution in [3.05, 3.63) is 63.9 Å². The molecule has 12 unspecified atom stereocenters. The van der Waals surface area contributed by atoms with Crippen molar-refractivity contribution >= 4 is 71.6 Å². The molecule has 7 amide bonds. The van der Waals surface area contributed by atoms with Crippen LogP contribution in [0.3, 0.4) is 0 Å². The van der Waals surface area contributed by atoms with Crippen LogP contribution in [0.5, 0.6) is 0 Å². The molecule has 16 atom stereocenters. The predicted octanol–water partition coefficient (Wildman–Crippen LogP) is 2.17. The van der Waals surface area contributed by atoms with Crippen LogP contribution < -0.4 is 50.4 Å². The van der Waals surface area contributed by atoms with Crippen molar-refractivity contribution in [2.75, 3.05) is 13.2 Å². The number of aliphatic hydroxyl groups excluding tert-OH is 2. The number of benzene rings is 1. The summed E-state index contributed by atoms with van der Waals surface area (Å²) in [4.78, 5) is 120. The van der Waals surface area contributed by atoms with Gasteiger partial charge in [0.15, 0.2) is 6.23 Å². The first kappa shape index (κ1) is 73.6. The quantitative estimate of drug-likeness (QED) is 0.0601. The van der Waals surface area contributed by atoms with Crippen molar-refractivity contribution in [1.82, 2.24) is 25.5 Å². The molecular formula is C61H90CoN13O15P-2. The molecule has 0 aliphatic carbocycles. The molecule has 8 rings (SSSR count). The van der Waals surface area contributed by atoms with Gasteiger partial charge in [0.25, 0.3) is 0 Å². The summed E-state index contributed by atoms with van der Waals surface area (Å²) in [6.45, 7) is 17.6. The van der Waals surface area contributed by atoms with Gasteiger partial charge in [0.2, 0.25) is 41.4 Å². The number of aromatic nitrogens is 2. The second-order valence-corrected chi connectivity index (χ2v) is 28.2. The molecule has 91 heavy (non-hydrogen) atoms. The maximum Gasteiger partial charge on any atom is 0.472 e. The Morgan fingerprint density at radius 2 is 1.40 bits per heavy atom. The Morgan fingerprint density at radius 1 is 0.813 bits per heavy atom. The molecule has 1 aromatic heterocycles. The minimum absolute atomic E-state index is 0. The number of ether oxygens (including phenoxy) is 1. The molecule has 28 nitrogen and oxygen atoms in total. The Morgan fingerprint density at radius 3 is 1.98 bits per heavy atom. The third-order valence-corrected chi connectivity index (χ3v) is 21.4. The van der Waals surface area contributed by atoms with Gasteiger partial charge < -0.3 is 80.2 Å². The number of phosphoric ester groups is 1. The van der Waals surface area contributed by atoms with E-state index < -0.39 is 150 Å². The van der Waals surface area contributed by atoms with E-state index in [1.54, 1.807) is 4.57 Å². The van der Waals surface area contributed by atoms with Crippen LogP contribution in [0.1, 0.15) is 143 Å². The van der Waals surface area contributed by atoms with Crippen LogP contribution in [-0.4, -0.2) is 133 Å². The summed E-state index contributed by atoms with van der Waals surface area (Å²) in [5.74, 6) is -6.76. The first-order valence-corrected chi connectivity index (χ1v) is 31.9. The molecule has 1 radical (unpaired) electrons. The van der Waals surface area contributed by atoms with Crippen LogP contribution in [-0.2, 0) is 74.2 Å². The number of hydrogen-bond donors (Lipinski definition) is 12. The number of carbonyl (C=O) groups excluding carboxylic acids is 7. The number of nitrogens with one attached hydrogen (secondary N) is 3. The van der Waals surface area contributed by atoms with E-state index in [0.717, 1.165) is 11.1 Å². The van der Waals surface area contributed by atoms with E-state index in [1.165, 1.54) is 13.3 Å². The molecule has 18 N–H and O–H groups in total. The molecule has 0 saturated carbocycles. The van der Waals surface area contributed by atoms with Gasteiger partial charge in [-0.3, -0.25) is 52.6 Å². The summed E-state index contributed by atoms with van der Waals surface area (Å²) in [5.41, 5.74) is 39.1. The van der Waals surface area contributed by atoms with Gasteiger partial charge >= 0.3 is 7.82 Å². The number of primary amides is 6. The molecule has 0 spiro atoms. The van der Waals surface area contributed by atoms with E-state index in [2.05, 4.69) is 20.9 Å². The standard InChI is InChI=1S/C61H90N13O14P.Co.O/c1-28-19-38-39(20-29(28)2)74(27-69-38)57-52(83)53(40(26-75)86-57)88-89(84,85)87-30(3)25-68-48(82)17-18-59(8)36(21-45(65)79)51-56-61(10,24-47(67)81)35(13-16-44(64)78)50(72-56)32(5)55-60(9,23-46(66)80)33(11-14-42(62)76)37(70-55)22-41-58(6,7)34(12-15-43(63)77)49(71-41)31(4)54(59)73-51;;/h19-20,22,27,30,33-36,40,51-53,55-57,70,72,75,83H,11-18,21,23-26H2,1-10H3,(H2,62,76)(H2,63,77)(H2,64,78)(H2,65,79)(H2,66,80)(H2,67,81)(H,68,82)(H,84,85);;/q;;-2/b37-22-,49-31-,50-32-;;/t30?,33?,34?,35?,36?,40-,51?,52-,53-,55?,56?,57+,59?,60?,61?;;/m1../s1.